The van der Waals surface area contributed by atoms with Gasteiger partial charge in [-0.3, -0.25) is 9.80 Å². The maximum atomic E-state index is 12.4. The highest BCUT2D eigenvalue weighted by atomic mass is 32.2. The summed E-state index contributed by atoms with van der Waals surface area (Å²) in [5.74, 6) is 1.48. The van der Waals surface area contributed by atoms with E-state index in [-0.39, 0.29) is 23.6 Å². The van der Waals surface area contributed by atoms with Gasteiger partial charge in [-0.05, 0) is 13.8 Å². The number of rotatable bonds is 5. The van der Waals surface area contributed by atoms with Gasteiger partial charge in [0.2, 0.25) is 0 Å². The molecule has 2 fully saturated rings. The first kappa shape index (κ1) is 17.7. The van der Waals surface area contributed by atoms with Gasteiger partial charge in [0.05, 0.1) is 30.1 Å². The minimum Gasteiger partial charge on any atom is -0.348 e. The molecule has 0 saturated carbocycles. The fourth-order valence-electron chi connectivity index (χ4n) is 4.19. The number of H-pyrrole nitrogens is 1. The van der Waals surface area contributed by atoms with Gasteiger partial charge in [0.1, 0.15) is 5.82 Å². The van der Waals surface area contributed by atoms with Gasteiger partial charge < -0.3 is 9.55 Å². The lowest BCUT2D eigenvalue weighted by Crippen LogP contribution is -2.58. The van der Waals surface area contributed by atoms with Crippen molar-refractivity contribution in [1.29, 1.82) is 0 Å². The molecule has 1 N–H and O–H groups in total. The Labute approximate surface area is 154 Å². The van der Waals surface area contributed by atoms with Crippen LogP contribution in [0.1, 0.15) is 24.1 Å². The molecule has 0 spiro atoms. The van der Waals surface area contributed by atoms with Crippen LogP contribution in [-0.2, 0) is 29.5 Å². The van der Waals surface area contributed by atoms with Gasteiger partial charge in [0.15, 0.2) is 9.84 Å². The number of aromatic amines is 1. The second-order valence-corrected chi connectivity index (χ2v) is 9.41. The van der Waals surface area contributed by atoms with E-state index < -0.39 is 9.84 Å². The molecule has 0 aliphatic carbocycles. The molecule has 9 heteroatoms. The monoisotopic (exact) mass is 378 g/mol. The highest BCUT2D eigenvalue weighted by Crippen LogP contribution is 2.29. The lowest BCUT2D eigenvalue weighted by atomic mass is 10.0. The molecule has 2 saturated heterocycles. The standard InChI is InChI=1S/C17H26N6O2S/c1-3-21-5-4-18-17(21)9-23-7-6-22(8-14-13(2)19-12-20-14)15-10-26(24,25)11-16(15)23/h4-5,12,15-16H,3,6-11H2,1-2H3,(H,19,20)/t15-,16+/m1/s1. The molecule has 0 amide bonds. The number of imidazole rings is 2. The number of hydrogen-bond donors (Lipinski definition) is 1. The van der Waals surface area contributed by atoms with E-state index in [1.807, 2.05) is 19.3 Å². The average molecular weight is 379 g/mol. The van der Waals surface area contributed by atoms with Crippen LogP contribution in [0.2, 0.25) is 0 Å². The Kier molecular flexibility index (Phi) is 4.62. The average Bonchev–Trinajstić information content (AvgIpc) is 3.28. The molecule has 4 rings (SSSR count). The summed E-state index contributed by atoms with van der Waals surface area (Å²) in [6.07, 6.45) is 5.50. The summed E-state index contributed by atoms with van der Waals surface area (Å²) in [5.41, 5.74) is 2.05. The van der Waals surface area contributed by atoms with E-state index in [1.54, 1.807) is 6.33 Å². The number of fused-ring (bicyclic) bond motifs is 1. The lowest BCUT2D eigenvalue weighted by molar-refractivity contribution is 0.0327. The summed E-state index contributed by atoms with van der Waals surface area (Å²) in [5, 5.41) is 0. The van der Waals surface area contributed by atoms with Crippen molar-refractivity contribution in [3.8, 4) is 0 Å². The van der Waals surface area contributed by atoms with Gasteiger partial charge >= 0.3 is 0 Å². The molecule has 0 aromatic carbocycles. The normalized spacial score (nSPS) is 26.2. The highest BCUT2D eigenvalue weighted by molar-refractivity contribution is 7.91. The van der Waals surface area contributed by atoms with E-state index in [1.165, 1.54) is 0 Å². The largest absolute Gasteiger partial charge is 0.348 e. The van der Waals surface area contributed by atoms with E-state index in [4.69, 9.17) is 0 Å². The van der Waals surface area contributed by atoms with Gasteiger partial charge in [0.25, 0.3) is 0 Å². The zero-order chi connectivity index (χ0) is 18.3. The molecule has 0 bridgehead atoms. The molecule has 0 unspecified atom stereocenters. The Morgan fingerprint density at radius 1 is 1.15 bits per heavy atom. The Balaban J connectivity index is 1.55. The van der Waals surface area contributed by atoms with E-state index >= 15 is 0 Å². The molecule has 26 heavy (non-hydrogen) atoms. The number of aromatic nitrogens is 4. The van der Waals surface area contributed by atoms with Crippen molar-refractivity contribution in [2.24, 2.45) is 0 Å². The van der Waals surface area contributed by atoms with E-state index in [0.717, 1.165) is 36.8 Å². The number of nitrogens with one attached hydrogen (secondary N) is 1. The third-order valence-electron chi connectivity index (χ3n) is 5.68. The second kappa shape index (κ2) is 6.79. The summed E-state index contributed by atoms with van der Waals surface area (Å²) in [6.45, 7) is 8.06. The van der Waals surface area contributed by atoms with Crippen LogP contribution in [0.3, 0.4) is 0 Å². The number of piperazine rings is 1. The number of hydrogen-bond acceptors (Lipinski definition) is 6. The zero-order valence-electron chi connectivity index (χ0n) is 15.3. The predicted octanol–water partition coefficient (Wildman–Crippen LogP) is 0.418. The zero-order valence-corrected chi connectivity index (χ0v) is 16.1. The molecule has 2 aromatic rings. The molecule has 0 radical (unpaired) electrons. The fraction of sp³-hybridized carbons (Fsp3) is 0.647. The van der Waals surface area contributed by atoms with Crippen LogP contribution >= 0.6 is 0 Å². The summed E-state index contributed by atoms with van der Waals surface area (Å²) < 4.78 is 26.9. The summed E-state index contributed by atoms with van der Waals surface area (Å²) >= 11 is 0. The van der Waals surface area contributed by atoms with Crippen LogP contribution in [0.5, 0.6) is 0 Å². The van der Waals surface area contributed by atoms with E-state index in [2.05, 4.69) is 36.2 Å². The summed E-state index contributed by atoms with van der Waals surface area (Å²) in [6, 6.07) is 0.0462. The number of sulfone groups is 1. The van der Waals surface area contributed by atoms with Crippen LogP contribution in [-0.4, -0.2) is 74.4 Å². The van der Waals surface area contributed by atoms with Crippen LogP contribution in [0.15, 0.2) is 18.7 Å². The van der Waals surface area contributed by atoms with Crippen LogP contribution in [0.4, 0.5) is 0 Å². The second-order valence-electron chi connectivity index (χ2n) is 7.26. The third kappa shape index (κ3) is 3.30. The van der Waals surface area contributed by atoms with Crippen molar-refractivity contribution in [3.05, 3.63) is 35.9 Å². The summed E-state index contributed by atoms with van der Waals surface area (Å²) in [4.78, 5) is 16.6. The Bertz CT molecular complexity index is 873. The first-order valence-corrected chi connectivity index (χ1v) is 11.0. The Morgan fingerprint density at radius 2 is 1.85 bits per heavy atom. The molecule has 2 aromatic heterocycles. The van der Waals surface area contributed by atoms with Crippen molar-refractivity contribution in [2.45, 2.75) is 45.6 Å². The van der Waals surface area contributed by atoms with Gasteiger partial charge in [-0.2, -0.15) is 0 Å². The lowest BCUT2D eigenvalue weighted by Gasteiger charge is -2.43. The van der Waals surface area contributed by atoms with Crippen LogP contribution in [0.25, 0.3) is 0 Å². The molecule has 2 atom stereocenters. The van der Waals surface area contributed by atoms with Crippen molar-refractivity contribution in [3.63, 3.8) is 0 Å². The first-order valence-electron chi connectivity index (χ1n) is 9.14. The topological polar surface area (TPSA) is 87.1 Å². The molecule has 2 aliphatic rings. The van der Waals surface area contributed by atoms with E-state index in [0.29, 0.717) is 13.1 Å². The minimum absolute atomic E-state index is 0.0230. The molecular weight excluding hydrogens is 352 g/mol. The molecule has 2 aliphatic heterocycles. The highest BCUT2D eigenvalue weighted by Gasteiger charge is 2.46. The molecular formula is C17H26N6O2S. The van der Waals surface area contributed by atoms with E-state index in [9.17, 15) is 8.42 Å². The molecule has 142 valence electrons. The fourth-order valence-corrected chi connectivity index (χ4v) is 6.23. The smallest absolute Gasteiger partial charge is 0.153 e. The molecule has 8 nitrogen and oxygen atoms in total. The van der Waals surface area contributed by atoms with Gasteiger partial charge in [-0.15, -0.1) is 0 Å². The predicted molar refractivity (Wildman–Crippen MR) is 98.3 cm³/mol. The summed E-state index contributed by atoms with van der Waals surface area (Å²) in [7, 11) is -3.02. The minimum atomic E-state index is -3.02. The van der Waals surface area contributed by atoms with Gasteiger partial charge in [-0.1, -0.05) is 0 Å². The molecule has 4 heterocycles. The quantitative estimate of drug-likeness (QED) is 0.811. The van der Waals surface area contributed by atoms with Gasteiger partial charge in [0, 0.05) is 56.4 Å². The third-order valence-corrected chi connectivity index (χ3v) is 7.38. The number of nitrogens with zero attached hydrogens (tertiary/aromatic N) is 5. The maximum absolute atomic E-state index is 12.4. The van der Waals surface area contributed by atoms with Crippen molar-refractivity contribution >= 4 is 9.84 Å². The van der Waals surface area contributed by atoms with Gasteiger partial charge in [-0.25, -0.2) is 18.4 Å². The number of aryl methyl sites for hydroxylation is 2. The maximum Gasteiger partial charge on any atom is 0.153 e. The SMILES string of the molecule is CCn1ccnc1CN1CCN(Cc2nc[nH]c2C)[C@@H]2CS(=O)(=O)C[C@@H]21. The Hall–Kier alpha value is -1.71. The Morgan fingerprint density at radius 3 is 2.46 bits per heavy atom. The van der Waals surface area contributed by atoms with Crippen LogP contribution < -0.4 is 0 Å². The van der Waals surface area contributed by atoms with Crippen molar-refractivity contribution < 1.29 is 8.42 Å². The van der Waals surface area contributed by atoms with Crippen LogP contribution in [0, 0.1) is 6.92 Å². The van der Waals surface area contributed by atoms with Crippen molar-refractivity contribution in [2.75, 3.05) is 24.6 Å². The van der Waals surface area contributed by atoms with Crippen molar-refractivity contribution in [1.82, 2.24) is 29.3 Å². The first-order chi connectivity index (χ1) is 12.5.